The predicted octanol–water partition coefficient (Wildman–Crippen LogP) is 3.36. The molecule has 1 N–H and O–H groups in total. The van der Waals surface area contributed by atoms with Gasteiger partial charge in [-0.1, -0.05) is 24.1 Å². The summed E-state index contributed by atoms with van der Waals surface area (Å²) in [6.07, 6.45) is 0. The maximum absolute atomic E-state index is 14.3. The van der Waals surface area contributed by atoms with Gasteiger partial charge >= 0.3 is 0 Å². The maximum Gasteiger partial charge on any atom is 0.180 e. The van der Waals surface area contributed by atoms with Crippen LogP contribution >= 0.6 is 0 Å². The molecular formula is C22H18FNO3S. The van der Waals surface area contributed by atoms with Crippen LogP contribution in [0.2, 0.25) is 0 Å². The molecule has 0 unspecified atom stereocenters. The van der Waals surface area contributed by atoms with Crippen LogP contribution in [-0.2, 0) is 9.84 Å². The average Bonchev–Trinajstić information content (AvgIpc) is 2.67. The molecule has 1 heterocycles. The number of nitrogens with zero attached hydrogens (tertiary/aromatic N) is 1. The van der Waals surface area contributed by atoms with Crippen LogP contribution in [0.25, 0.3) is 11.1 Å². The molecule has 28 heavy (non-hydrogen) atoms. The molecule has 0 aliphatic rings. The van der Waals surface area contributed by atoms with Gasteiger partial charge in [0.05, 0.1) is 17.3 Å². The Balaban J connectivity index is 1.92. The van der Waals surface area contributed by atoms with E-state index >= 15 is 0 Å². The molecule has 0 spiro atoms. The van der Waals surface area contributed by atoms with Crippen LogP contribution in [0.5, 0.6) is 0 Å². The first-order valence-electron chi connectivity index (χ1n) is 8.58. The molecule has 0 radical (unpaired) electrons. The molecule has 142 valence electrons. The van der Waals surface area contributed by atoms with E-state index in [9.17, 15) is 12.8 Å². The summed E-state index contributed by atoms with van der Waals surface area (Å²) < 4.78 is 38.3. The van der Waals surface area contributed by atoms with E-state index < -0.39 is 22.3 Å². The molecule has 2 aromatic carbocycles. The lowest BCUT2D eigenvalue weighted by Gasteiger charge is -2.07. The monoisotopic (exact) mass is 395 g/mol. The topological polar surface area (TPSA) is 67.3 Å². The van der Waals surface area contributed by atoms with E-state index in [2.05, 4.69) is 16.8 Å². The normalized spacial score (nSPS) is 11.0. The zero-order chi connectivity index (χ0) is 20.1. The van der Waals surface area contributed by atoms with E-state index in [0.29, 0.717) is 22.4 Å². The van der Waals surface area contributed by atoms with Crippen molar-refractivity contribution in [1.82, 2.24) is 4.98 Å². The van der Waals surface area contributed by atoms with Gasteiger partial charge in [0.2, 0.25) is 0 Å². The fourth-order valence-electron chi connectivity index (χ4n) is 2.65. The molecule has 3 aromatic rings. The molecule has 1 aromatic heterocycles. The fraction of sp³-hybridized carbons (Fsp3) is 0.136. The van der Waals surface area contributed by atoms with Crippen molar-refractivity contribution in [3.05, 3.63) is 83.4 Å². The third kappa shape index (κ3) is 4.63. The van der Waals surface area contributed by atoms with Gasteiger partial charge in [-0.25, -0.2) is 17.8 Å². The first-order valence-corrected chi connectivity index (χ1v) is 10.2. The van der Waals surface area contributed by atoms with Gasteiger partial charge in [0.25, 0.3) is 0 Å². The minimum Gasteiger partial charge on any atom is -0.395 e. The number of aliphatic hydroxyl groups is 1. The Bertz CT molecular complexity index is 1160. The van der Waals surface area contributed by atoms with Gasteiger partial charge in [0.15, 0.2) is 9.84 Å². The zero-order valence-corrected chi connectivity index (χ0v) is 16.0. The van der Waals surface area contributed by atoms with Gasteiger partial charge in [0, 0.05) is 16.8 Å². The first-order chi connectivity index (χ1) is 13.4. The maximum atomic E-state index is 14.3. The highest BCUT2D eigenvalue weighted by molar-refractivity contribution is 7.91. The van der Waals surface area contributed by atoms with Gasteiger partial charge in [-0.2, -0.15) is 0 Å². The smallest absolute Gasteiger partial charge is 0.180 e. The summed E-state index contributed by atoms with van der Waals surface area (Å²) in [5.74, 6) is 5.16. The summed E-state index contributed by atoms with van der Waals surface area (Å²) in [6, 6.07) is 16.0. The number of benzene rings is 2. The van der Waals surface area contributed by atoms with Crippen molar-refractivity contribution >= 4 is 9.84 Å². The summed E-state index contributed by atoms with van der Waals surface area (Å²) in [7, 11) is -3.54. The molecule has 0 fully saturated rings. The number of hydrogen-bond donors (Lipinski definition) is 1. The second-order valence-corrected chi connectivity index (χ2v) is 8.28. The van der Waals surface area contributed by atoms with E-state index in [1.54, 1.807) is 30.3 Å². The van der Waals surface area contributed by atoms with Gasteiger partial charge in [-0.3, -0.25) is 0 Å². The van der Waals surface area contributed by atoms with Crippen LogP contribution in [0.15, 0.2) is 65.6 Å². The highest BCUT2D eigenvalue weighted by Crippen LogP contribution is 2.25. The highest BCUT2D eigenvalue weighted by atomic mass is 32.2. The number of hydrogen-bond acceptors (Lipinski definition) is 4. The molecule has 0 aliphatic heterocycles. The van der Waals surface area contributed by atoms with Crippen LogP contribution in [0.3, 0.4) is 0 Å². The number of aryl methyl sites for hydroxylation is 1. The molecule has 0 atom stereocenters. The molecule has 4 nitrogen and oxygen atoms in total. The van der Waals surface area contributed by atoms with Crippen LogP contribution in [-0.4, -0.2) is 30.9 Å². The van der Waals surface area contributed by atoms with Crippen LogP contribution < -0.4 is 0 Å². The van der Waals surface area contributed by atoms with Crippen molar-refractivity contribution < 1.29 is 17.9 Å². The number of aromatic nitrogens is 1. The van der Waals surface area contributed by atoms with Gasteiger partial charge in [-0.05, 0) is 60.9 Å². The molecule has 6 heteroatoms. The lowest BCUT2D eigenvalue weighted by molar-refractivity contribution is 0.319. The molecule has 0 bridgehead atoms. The first kappa shape index (κ1) is 19.7. The van der Waals surface area contributed by atoms with E-state index in [4.69, 9.17) is 5.11 Å². The Morgan fingerprint density at radius 1 is 1.04 bits per heavy atom. The summed E-state index contributed by atoms with van der Waals surface area (Å²) in [5.41, 5.74) is 2.98. The van der Waals surface area contributed by atoms with Crippen LogP contribution in [0.4, 0.5) is 4.39 Å². The van der Waals surface area contributed by atoms with Crippen molar-refractivity contribution in [3.63, 3.8) is 0 Å². The zero-order valence-electron chi connectivity index (χ0n) is 15.2. The number of halogens is 1. The van der Waals surface area contributed by atoms with E-state index in [0.717, 1.165) is 5.69 Å². The largest absolute Gasteiger partial charge is 0.395 e. The second-order valence-electron chi connectivity index (χ2n) is 6.18. The second kappa shape index (κ2) is 8.34. The van der Waals surface area contributed by atoms with E-state index in [1.165, 1.54) is 18.2 Å². The predicted molar refractivity (Wildman–Crippen MR) is 106 cm³/mol. The molecule has 0 aliphatic carbocycles. The van der Waals surface area contributed by atoms with Crippen molar-refractivity contribution in [2.45, 2.75) is 11.8 Å². The van der Waals surface area contributed by atoms with Crippen molar-refractivity contribution in [2.24, 2.45) is 0 Å². The Kier molecular flexibility index (Phi) is 5.88. The summed E-state index contributed by atoms with van der Waals surface area (Å²) in [4.78, 5) is 4.40. The van der Waals surface area contributed by atoms with Gasteiger partial charge < -0.3 is 5.11 Å². The van der Waals surface area contributed by atoms with Crippen molar-refractivity contribution in [1.29, 1.82) is 0 Å². The molecule has 0 amide bonds. The number of aliphatic hydroxyl groups excluding tert-OH is 1. The third-order valence-electron chi connectivity index (χ3n) is 4.07. The summed E-state index contributed by atoms with van der Waals surface area (Å²) >= 11 is 0. The standard InChI is InChI=1S/C22H18FNO3S/c1-16-3-2-4-19(24-16)9-5-17-6-12-22(23)21(15-17)18-7-10-20(11-8-18)28(26,27)14-13-25/h2-4,6-8,10-12,15,25H,13-14H2,1H3. The molecular weight excluding hydrogens is 377 g/mol. The van der Waals surface area contributed by atoms with E-state index in [-0.39, 0.29) is 10.6 Å². The number of pyridine rings is 1. The molecule has 0 saturated heterocycles. The minimum absolute atomic E-state index is 0.0900. The Hall–Kier alpha value is -3.01. The lowest BCUT2D eigenvalue weighted by Crippen LogP contribution is -2.09. The summed E-state index contributed by atoms with van der Waals surface area (Å²) in [5, 5.41) is 8.86. The Labute approximate surface area is 163 Å². The molecule has 0 saturated carbocycles. The number of sulfone groups is 1. The van der Waals surface area contributed by atoms with E-state index in [1.807, 2.05) is 19.1 Å². The lowest BCUT2D eigenvalue weighted by atomic mass is 10.0. The SMILES string of the molecule is Cc1cccc(C#Cc2ccc(F)c(-c3ccc(S(=O)(=O)CCO)cc3)c2)n1. The van der Waals surface area contributed by atoms with Gasteiger partial charge in [0.1, 0.15) is 11.5 Å². The number of rotatable bonds is 4. The highest BCUT2D eigenvalue weighted by Gasteiger charge is 2.14. The minimum atomic E-state index is -3.54. The Morgan fingerprint density at radius 2 is 1.79 bits per heavy atom. The van der Waals surface area contributed by atoms with Crippen molar-refractivity contribution in [3.8, 4) is 23.0 Å². The average molecular weight is 395 g/mol. The van der Waals surface area contributed by atoms with Gasteiger partial charge in [-0.15, -0.1) is 0 Å². The third-order valence-corrected chi connectivity index (χ3v) is 5.78. The fourth-order valence-corrected chi connectivity index (χ4v) is 3.68. The van der Waals surface area contributed by atoms with Crippen molar-refractivity contribution in [2.75, 3.05) is 12.4 Å². The summed E-state index contributed by atoms with van der Waals surface area (Å²) in [6.45, 7) is 1.43. The quantitative estimate of drug-likeness (QED) is 0.688. The Morgan fingerprint density at radius 3 is 2.46 bits per heavy atom. The van der Waals surface area contributed by atoms with Crippen LogP contribution in [0.1, 0.15) is 17.0 Å². The molecule has 3 rings (SSSR count). The van der Waals surface area contributed by atoms with Crippen LogP contribution in [0, 0.1) is 24.6 Å².